The summed E-state index contributed by atoms with van der Waals surface area (Å²) in [5.74, 6) is 5.27. The molecule has 0 aliphatic rings. The van der Waals surface area contributed by atoms with Gasteiger partial charge in [-0.2, -0.15) is 0 Å². The van der Waals surface area contributed by atoms with Crippen molar-refractivity contribution in [2.24, 2.45) is 0 Å². The van der Waals surface area contributed by atoms with Crippen LogP contribution < -0.4 is 5.32 Å². The Kier molecular flexibility index (Phi) is 5.04. The fourth-order valence-electron chi connectivity index (χ4n) is 1.75. The fraction of sp³-hybridized carbons (Fsp3) is 0.267. The van der Waals surface area contributed by atoms with E-state index in [-0.39, 0.29) is 18.4 Å². The third-order valence-electron chi connectivity index (χ3n) is 2.74. The number of carbonyl (C=O) groups is 1. The Morgan fingerprint density at radius 3 is 2.90 bits per heavy atom. The maximum absolute atomic E-state index is 12.3. The van der Waals surface area contributed by atoms with E-state index in [1.54, 1.807) is 12.1 Å². The molecule has 0 aliphatic carbocycles. The zero-order chi connectivity index (χ0) is 15.2. The molecule has 108 valence electrons. The zero-order valence-corrected chi connectivity index (χ0v) is 12.6. The highest BCUT2D eigenvalue weighted by Crippen LogP contribution is 2.22. The van der Waals surface area contributed by atoms with Crippen molar-refractivity contribution in [1.82, 2.24) is 9.59 Å². The van der Waals surface area contributed by atoms with Gasteiger partial charge in [0.1, 0.15) is 11.5 Å². The van der Waals surface area contributed by atoms with Gasteiger partial charge in [-0.3, -0.25) is 4.79 Å². The van der Waals surface area contributed by atoms with Gasteiger partial charge in [-0.1, -0.05) is 42.3 Å². The molecule has 0 fully saturated rings. The summed E-state index contributed by atoms with van der Waals surface area (Å²) in [5, 5.41) is 15.6. The number of aliphatic hydroxyl groups is 1. The summed E-state index contributed by atoms with van der Waals surface area (Å²) in [6, 6.07) is 7.19. The molecular weight excluding hydrogens is 286 g/mol. The summed E-state index contributed by atoms with van der Waals surface area (Å²) in [4.78, 5) is 12.9. The molecule has 1 aromatic carbocycles. The molecule has 1 aromatic heterocycles. The van der Waals surface area contributed by atoms with Gasteiger partial charge in [0.15, 0.2) is 0 Å². The summed E-state index contributed by atoms with van der Waals surface area (Å²) in [5.41, 5.74) is 1.95. The fourth-order valence-corrected chi connectivity index (χ4v) is 2.46. The molecule has 2 rings (SSSR count). The third kappa shape index (κ3) is 3.66. The van der Waals surface area contributed by atoms with E-state index in [1.165, 1.54) is 0 Å². The van der Waals surface area contributed by atoms with Crippen molar-refractivity contribution >= 4 is 23.1 Å². The highest BCUT2D eigenvalue weighted by Gasteiger charge is 2.19. The van der Waals surface area contributed by atoms with Crippen molar-refractivity contribution in [3.05, 3.63) is 40.4 Å². The van der Waals surface area contributed by atoms with Crippen LogP contribution in [0.5, 0.6) is 0 Å². The second-order valence-corrected chi connectivity index (χ2v) is 5.36. The third-order valence-corrected chi connectivity index (χ3v) is 3.48. The first-order chi connectivity index (χ1) is 10.1. The van der Waals surface area contributed by atoms with Crippen LogP contribution in [0.4, 0.5) is 5.69 Å². The topological polar surface area (TPSA) is 75.1 Å². The van der Waals surface area contributed by atoms with Gasteiger partial charge < -0.3 is 10.4 Å². The predicted octanol–water partition coefficient (Wildman–Crippen LogP) is 2.26. The molecule has 0 bridgehead atoms. The van der Waals surface area contributed by atoms with Gasteiger partial charge in [-0.15, -0.1) is 5.10 Å². The number of aliphatic hydroxyl groups excluding tert-OH is 1. The van der Waals surface area contributed by atoms with Gasteiger partial charge in [0.2, 0.25) is 0 Å². The molecule has 0 atom stereocenters. The van der Waals surface area contributed by atoms with E-state index in [2.05, 4.69) is 26.7 Å². The summed E-state index contributed by atoms with van der Waals surface area (Å²) in [7, 11) is 0. The molecule has 1 heterocycles. The summed E-state index contributed by atoms with van der Waals surface area (Å²) in [6.45, 7) is 3.71. The van der Waals surface area contributed by atoms with Gasteiger partial charge in [0.25, 0.3) is 5.91 Å². The molecule has 0 spiro atoms. The second-order valence-electron chi connectivity index (χ2n) is 4.60. The Bertz CT molecular complexity index is 698. The smallest absolute Gasteiger partial charge is 0.269 e. The number of nitrogens with one attached hydrogen (secondary N) is 1. The van der Waals surface area contributed by atoms with E-state index in [9.17, 15) is 4.79 Å². The molecule has 0 radical (unpaired) electrons. The molecule has 0 aliphatic heterocycles. The number of amides is 1. The lowest BCUT2D eigenvalue weighted by atomic mass is 10.1. The number of aromatic nitrogens is 2. The molecule has 5 nitrogen and oxygen atoms in total. The highest BCUT2D eigenvalue weighted by atomic mass is 32.1. The molecule has 0 saturated heterocycles. The van der Waals surface area contributed by atoms with Crippen LogP contribution in [0.15, 0.2) is 24.3 Å². The quantitative estimate of drug-likeness (QED) is 0.853. The number of rotatable bonds is 3. The molecule has 21 heavy (non-hydrogen) atoms. The van der Waals surface area contributed by atoms with Gasteiger partial charge in [-0.05, 0) is 29.6 Å². The molecule has 1 amide bonds. The minimum absolute atomic E-state index is 0.133. The van der Waals surface area contributed by atoms with Gasteiger partial charge >= 0.3 is 0 Å². The van der Waals surface area contributed by atoms with Crippen LogP contribution >= 0.6 is 11.5 Å². The number of nitrogens with zero attached hydrogens (tertiary/aromatic N) is 2. The Labute approximate surface area is 127 Å². The lowest BCUT2D eigenvalue weighted by molar-refractivity contribution is 0.102. The average Bonchev–Trinajstić information content (AvgIpc) is 2.96. The van der Waals surface area contributed by atoms with Crippen LogP contribution in [-0.2, 0) is 0 Å². The normalized spacial score (nSPS) is 10.1. The maximum Gasteiger partial charge on any atom is 0.269 e. The lowest BCUT2D eigenvalue weighted by Crippen LogP contribution is -2.14. The summed E-state index contributed by atoms with van der Waals surface area (Å²) < 4.78 is 3.85. The predicted molar refractivity (Wildman–Crippen MR) is 82.4 cm³/mol. The van der Waals surface area contributed by atoms with Crippen LogP contribution in [0.3, 0.4) is 0 Å². The van der Waals surface area contributed by atoms with E-state index in [4.69, 9.17) is 5.11 Å². The average molecular weight is 301 g/mol. The highest BCUT2D eigenvalue weighted by molar-refractivity contribution is 7.08. The van der Waals surface area contributed by atoms with Crippen LogP contribution in [0.25, 0.3) is 0 Å². The van der Waals surface area contributed by atoms with Crippen molar-refractivity contribution in [2.45, 2.75) is 19.8 Å². The molecule has 2 aromatic rings. The first kappa shape index (κ1) is 15.2. The Morgan fingerprint density at radius 1 is 1.43 bits per heavy atom. The largest absolute Gasteiger partial charge is 0.384 e. The van der Waals surface area contributed by atoms with E-state index in [0.717, 1.165) is 11.5 Å². The Hall–Kier alpha value is -2.23. The van der Waals surface area contributed by atoms with Crippen LogP contribution in [0.2, 0.25) is 0 Å². The van der Waals surface area contributed by atoms with Gasteiger partial charge in [0.05, 0.1) is 11.4 Å². The molecule has 0 unspecified atom stereocenters. The minimum Gasteiger partial charge on any atom is -0.384 e. The minimum atomic E-state index is -0.244. The Morgan fingerprint density at radius 2 is 2.19 bits per heavy atom. The standard InChI is InChI=1S/C15H15N3O2S/c1-10(2)13-14(21-18-17-13)15(20)16-12-8-4-3-6-11(12)7-5-9-19/h3-4,6,8,10,19H,9H2,1-2H3,(H,16,20). The summed E-state index contributed by atoms with van der Waals surface area (Å²) >= 11 is 1.08. The monoisotopic (exact) mass is 301 g/mol. The van der Waals surface area contributed by atoms with Crippen molar-refractivity contribution in [1.29, 1.82) is 0 Å². The van der Waals surface area contributed by atoms with E-state index in [0.29, 0.717) is 21.8 Å². The number of hydrogen-bond acceptors (Lipinski definition) is 5. The van der Waals surface area contributed by atoms with E-state index < -0.39 is 0 Å². The number of hydrogen-bond donors (Lipinski definition) is 2. The van der Waals surface area contributed by atoms with E-state index >= 15 is 0 Å². The molecule has 0 saturated carbocycles. The van der Waals surface area contributed by atoms with Crippen LogP contribution in [0.1, 0.15) is 40.7 Å². The van der Waals surface area contributed by atoms with Crippen LogP contribution in [-0.4, -0.2) is 27.2 Å². The number of anilines is 1. The molecule has 2 N–H and O–H groups in total. The lowest BCUT2D eigenvalue weighted by Gasteiger charge is -2.07. The van der Waals surface area contributed by atoms with Gasteiger partial charge in [-0.25, -0.2) is 0 Å². The number of carbonyl (C=O) groups excluding carboxylic acids is 1. The van der Waals surface area contributed by atoms with E-state index in [1.807, 2.05) is 26.0 Å². The SMILES string of the molecule is CC(C)c1nnsc1C(=O)Nc1ccccc1C#CCO. The summed E-state index contributed by atoms with van der Waals surface area (Å²) in [6.07, 6.45) is 0. The maximum atomic E-state index is 12.3. The molecule has 6 heteroatoms. The van der Waals surface area contributed by atoms with Crippen molar-refractivity contribution in [2.75, 3.05) is 11.9 Å². The second kappa shape index (κ2) is 6.97. The van der Waals surface area contributed by atoms with Gasteiger partial charge in [0, 0.05) is 5.56 Å². The molecular formula is C15H15N3O2S. The number of benzene rings is 1. The first-order valence-corrected chi connectivity index (χ1v) is 7.23. The van der Waals surface area contributed by atoms with Crippen molar-refractivity contribution < 1.29 is 9.90 Å². The number of para-hydroxylation sites is 1. The van der Waals surface area contributed by atoms with Crippen molar-refractivity contribution in [3.8, 4) is 11.8 Å². The Balaban J connectivity index is 2.26. The first-order valence-electron chi connectivity index (χ1n) is 6.45. The van der Waals surface area contributed by atoms with Crippen LogP contribution in [0, 0.1) is 11.8 Å². The zero-order valence-electron chi connectivity index (χ0n) is 11.8. The van der Waals surface area contributed by atoms with Crippen molar-refractivity contribution in [3.63, 3.8) is 0 Å².